The minimum atomic E-state index is -0.727. The third-order valence-electron chi connectivity index (χ3n) is 4.54. The van der Waals surface area contributed by atoms with Gasteiger partial charge in [0.25, 0.3) is 0 Å². The predicted octanol–water partition coefficient (Wildman–Crippen LogP) is 1.75. The minimum absolute atomic E-state index is 0.359. The number of nitrogens with one attached hydrogen (secondary N) is 3. The van der Waals surface area contributed by atoms with Gasteiger partial charge in [-0.25, -0.2) is 0 Å². The van der Waals surface area contributed by atoms with Crippen LogP contribution >= 0.6 is 0 Å². The summed E-state index contributed by atoms with van der Waals surface area (Å²) in [5, 5.41) is 17.7. The van der Waals surface area contributed by atoms with E-state index in [1.165, 1.54) is 4.68 Å². The number of fused-ring (bicyclic) bond motifs is 1. The molecule has 4 rings (SSSR count). The zero-order valence-corrected chi connectivity index (χ0v) is 15.7. The van der Waals surface area contributed by atoms with Gasteiger partial charge in [-0.3, -0.25) is 9.59 Å². The van der Waals surface area contributed by atoms with Gasteiger partial charge in [0.1, 0.15) is 0 Å². The summed E-state index contributed by atoms with van der Waals surface area (Å²) in [4.78, 5) is 27.5. The van der Waals surface area contributed by atoms with Crippen LogP contribution in [0.5, 0.6) is 0 Å². The molecule has 146 valence electrons. The second-order valence-electron chi connectivity index (χ2n) is 6.51. The monoisotopic (exact) mass is 389 g/mol. The number of benzene rings is 2. The second-order valence-corrected chi connectivity index (χ2v) is 6.51. The van der Waals surface area contributed by atoms with Crippen LogP contribution in [0.2, 0.25) is 0 Å². The summed E-state index contributed by atoms with van der Waals surface area (Å²) >= 11 is 0. The van der Waals surface area contributed by atoms with E-state index in [0.717, 1.165) is 16.5 Å². The Morgan fingerprint density at radius 1 is 1.10 bits per heavy atom. The summed E-state index contributed by atoms with van der Waals surface area (Å²) in [5.74, 6) is -0.799. The molecular formula is C20H19N7O2. The van der Waals surface area contributed by atoms with Gasteiger partial charge >= 0.3 is 11.8 Å². The van der Waals surface area contributed by atoms with Gasteiger partial charge in [0.2, 0.25) is 0 Å². The fourth-order valence-electron chi connectivity index (χ4n) is 3.10. The molecule has 3 N–H and O–H groups in total. The first-order valence-corrected chi connectivity index (χ1v) is 9.11. The van der Waals surface area contributed by atoms with Crippen LogP contribution in [0.1, 0.15) is 11.4 Å². The number of nitrogens with zero attached hydrogens (tertiary/aromatic N) is 4. The molecule has 2 aromatic heterocycles. The van der Waals surface area contributed by atoms with Gasteiger partial charge in [0.05, 0.1) is 5.69 Å². The van der Waals surface area contributed by atoms with Crippen molar-refractivity contribution in [3.63, 3.8) is 0 Å². The number of aryl methyl sites for hydroxylation is 1. The molecule has 0 aliphatic carbocycles. The number of tetrazole rings is 1. The normalized spacial score (nSPS) is 10.8. The Kier molecular flexibility index (Phi) is 5.02. The van der Waals surface area contributed by atoms with Crippen molar-refractivity contribution in [1.29, 1.82) is 0 Å². The maximum Gasteiger partial charge on any atom is 0.313 e. The molecule has 0 unspecified atom stereocenters. The molecule has 9 heteroatoms. The molecule has 4 aromatic rings. The number of carbonyl (C=O) groups is 2. The molecular weight excluding hydrogens is 370 g/mol. The number of para-hydroxylation sites is 1. The Balaban J connectivity index is 1.34. The predicted molar refractivity (Wildman–Crippen MR) is 108 cm³/mol. The highest BCUT2D eigenvalue weighted by atomic mass is 16.2. The number of hydrogen-bond acceptors (Lipinski definition) is 5. The van der Waals surface area contributed by atoms with E-state index in [1.807, 2.05) is 30.5 Å². The molecule has 0 bridgehead atoms. The molecule has 0 saturated heterocycles. The lowest BCUT2D eigenvalue weighted by Gasteiger charge is -2.08. The Labute approximate surface area is 166 Å². The number of rotatable bonds is 5. The van der Waals surface area contributed by atoms with Crippen molar-refractivity contribution < 1.29 is 9.59 Å². The van der Waals surface area contributed by atoms with Gasteiger partial charge in [-0.15, -0.1) is 5.10 Å². The maximum atomic E-state index is 12.2. The summed E-state index contributed by atoms with van der Waals surface area (Å²) in [7, 11) is 0. The topological polar surface area (TPSA) is 118 Å². The van der Waals surface area contributed by atoms with E-state index >= 15 is 0 Å². The minimum Gasteiger partial charge on any atom is -0.361 e. The van der Waals surface area contributed by atoms with Crippen molar-refractivity contribution in [2.45, 2.75) is 13.3 Å². The highest BCUT2D eigenvalue weighted by Crippen LogP contribution is 2.18. The smallest absolute Gasteiger partial charge is 0.313 e. The number of carbonyl (C=O) groups excluding carboxylic acids is 2. The lowest BCUT2D eigenvalue weighted by atomic mass is 10.1. The molecule has 0 saturated carbocycles. The Morgan fingerprint density at radius 2 is 1.97 bits per heavy atom. The molecule has 0 aliphatic heterocycles. The molecule has 2 heterocycles. The van der Waals surface area contributed by atoms with E-state index in [2.05, 4.69) is 31.1 Å². The van der Waals surface area contributed by atoms with Gasteiger partial charge in [0, 0.05) is 29.3 Å². The standard InChI is InChI=1S/C20H19N7O2/c1-13-24-25-26-27(13)16-6-4-5-15(11-16)23-20(29)19(28)21-10-9-14-12-22-18-8-3-2-7-17(14)18/h2-8,11-12,22H,9-10H2,1H3,(H,21,28)(H,23,29). The van der Waals surface area contributed by atoms with Crippen molar-refractivity contribution in [2.75, 3.05) is 11.9 Å². The Morgan fingerprint density at radius 3 is 2.79 bits per heavy atom. The average molecular weight is 389 g/mol. The van der Waals surface area contributed by atoms with E-state index < -0.39 is 11.8 Å². The maximum absolute atomic E-state index is 12.2. The van der Waals surface area contributed by atoms with Gasteiger partial charge in [-0.1, -0.05) is 24.3 Å². The van der Waals surface area contributed by atoms with Gasteiger partial charge in [-0.2, -0.15) is 4.68 Å². The van der Waals surface area contributed by atoms with Crippen LogP contribution in [0.15, 0.2) is 54.7 Å². The first kappa shape index (κ1) is 18.4. The van der Waals surface area contributed by atoms with E-state index in [0.29, 0.717) is 30.2 Å². The van der Waals surface area contributed by atoms with Crippen LogP contribution in [0.3, 0.4) is 0 Å². The van der Waals surface area contributed by atoms with Crippen molar-refractivity contribution in [3.05, 3.63) is 66.1 Å². The van der Waals surface area contributed by atoms with Gasteiger partial charge < -0.3 is 15.6 Å². The SMILES string of the molecule is Cc1nnnn1-c1cccc(NC(=O)C(=O)NCCc2c[nH]c3ccccc23)c1. The highest BCUT2D eigenvalue weighted by molar-refractivity contribution is 6.39. The molecule has 0 atom stereocenters. The van der Waals surface area contributed by atoms with Crippen LogP contribution in [0.4, 0.5) is 5.69 Å². The molecule has 29 heavy (non-hydrogen) atoms. The third-order valence-corrected chi connectivity index (χ3v) is 4.54. The Hall–Kier alpha value is -4.01. The summed E-state index contributed by atoms with van der Waals surface area (Å²) in [6, 6.07) is 14.9. The molecule has 0 fully saturated rings. The fourth-order valence-corrected chi connectivity index (χ4v) is 3.10. The lowest BCUT2D eigenvalue weighted by molar-refractivity contribution is -0.136. The zero-order valence-electron chi connectivity index (χ0n) is 15.7. The molecule has 2 aromatic carbocycles. The van der Waals surface area contributed by atoms with E-state index in [4.69, 9.17) is 0 Å². The summed E-state index contributed by atoms with van der Waals surface area (Å²) in [6.45, 7) is 2.13. The first-order valence-electron chi connectivity index (χ1n) is 9.11. The van der Waals surface area contributed by atoms with Gasteiger partial charge in [-0.05, 0) is 53.6 Å². The van der Waals surface area contributed by atoms with E-state index in [1.54, 1.807) is 31.2 Å². The number of H-pyrrole nitrogens is 1. The molecule has 0 aliphatic rings. The van der Waals surface area contributed by atoms with Crippen molar-refractivity contribution in [1.82, 2.24) is 30.5 Å². The third kappa shape index (κ3) is 3.98. The quantitative estimate of drug-likeness (QED) is 0.450. The first-order chi connectivity index (χ1) is 14.1. The molecule has 0 radical (unpaired) electrons. The summed E-state index contributed by atoms with van der Waals surface area (Å²) < 4.78 is 1.54. The number of aromatic amines is 1. The van der Waals surface area contributed by atoms with Crippen LogP contribution in [0, 0.1) is 6.92 Å². The van der Waals surface area contributed by atoms with E-state index in [9.17, 15) is 9.59 Å². The van der Waals surface area contributed by atoms with Gasteiger partial charge in [0.15, 0.2) is 5.82 Å². The Bertz CT molecular complexity index is 1180. The number of anilines is 1. The average Bonchev–Trinajstić information content (AvgIpc) is 3.34. The van der Waals surface area contributed by atoms with Crippen molar-refractivity contribution in [2.24, 2.45) is 0 Å². The zero-order chi connectivity index (χ0) is 20.2. The number of aromatic nitrogens is 5. The van der Waals surface area contributed by atoms with Crippen LogP contribution in [-0.2, 0) is 16.0 Å². The van der Waals surface area contributed by atoms with Crippen molar-refractivity contribution in [3.8, 4) is 5.69 Å². The highest BCUT2D eigenvalue weighted by Gasteiger charge is 2.14. The molecule has 2 amide bonds. The summed E-state index contributed by atoms with van der Waals surface area (Å²) in [5.41, 5.74) is 3.30. The molecule has 9 nitrogen and oxygen atoms in total. The lowest BCUT2D eigenvalue weighted by Crippen LogP contribution is -2.36. The number of hydrogen-bond donors (Lipinski definition) is 3. The second kappa shape index (κ2) is 7.93. The van der Waals surface area contributed by atoms with E-state index in [-0.39, 0.29) is 0 Å². The van der Waals surface area contributed by atoms with Crippen LogP contribution < -0.4 is 10.6 Å². The summed E-state index contributed by atoms with van der Waals surface area (Å²) in [6.07, 6.45) is 2.54. The molecule has 0 spiro atoms. The van der Waals surface area contributed by atoms with Crippen LogP contribution in [-0.4, -0.2) is 43.6 Å². The fraction of sp³-hybridized carbons (Fsp3) is 0.150. The van der Waals surface area contributed by atoms with Crippen LogP contribution in [0.25, 0.3) is 16.6 Å². The largest absolute Gasteiger partial charge is 0.361 e. The van der Waals surface area contributed by atoms with Crippen molar-refractivity contribution >= 4 is 28.4 Å². The number of amides is 2.